The summed E-state index contributed by atoms with van der Waals surface area (Å²) >= 11 is 0. The van der Waals surface area contributed by atoms with Gasteiger partial charge >= 0.3 is 0 Å². The lowest BCUT2D eigenvalue weighted by molar-refractivity contribution is -0.111. The van der Waals surface area contributed by atoms with Gasteiger partial charge in [-0.25, -0.2) is 9.97 Å². The highest BCUT2D eigenvalue weighted by molar-refractivity contribution is 6.01. The minimum atomic E-state index is -0.253. The third kappa shape index (κ3) is 5.86. The molecule has 2 aromatic rings. The number of rotatable bonds is 9. The maximum atomic E-state index is 11.8. The fraction of sp³-hybridized carbons (Fsp3) is 0.316. The molecule has 26 heavy (non-hydrogen) atoms. The normalized spacial score (nSPS) is 10.5. The van der Waals surface area contributed by atoms with Gasteiger partial charge in [-0.2, -0.15) is 0 Å². The van der Waals surface area contributed by atoms with E-state index in [1.165, 1.54) is 12.4 Å². The fourth-order valence-corrected chi connectivity index (χ4v) is 2.44. The number of benzene rings is 1. The van der Waals surface area contributed by atoms with Crippen molar-refractivity contribution in [3.05, 3.63) is 48.8 Å². The van der Waals surface area contributed by atoms with Gasteiger partial charge in [0, 0.05) is 13.1 Å². The summed E-state index contributed by atoms with van der Waals surface area (Å²) in [6, 6.07) is 7.79. The molecular weight excluding hydrogens is 328 g/mol. The second-order valence-electron chi connectivity index (χ2n) is 6.14. The lowest BCUT2D eigenvalue weighted by Gasteiger charge is -2.15. The Kier molecular flexibility index (Phi) is 7.11. The molecule has 138 valence electrons. The van der Waals surface area contributed by atoms with Crippen LogP contribution in [-0.2, 0) is 11.2 Å². The van der Waals surface area contributed by atoms with Gasteiger partial charge in [-0.05, 0) is 57.3 Å². The molecule has 0 spiro atoms. The standard InChI is InChI=1S/C19H26N6O/c1-5-19(26)24-16-11-14(7-6-10-25(3)4)8-9-15(16)23-18-12-17(20-2)21-13-22-18/h5,8-9,11-13H,1,6-7,10H2,2-4H3,(H,24,26)(H2,20,21,22,23). The van der Waals surface area contributed by atoms with Gasteiger partial charge in [0.15, 0.2) is 0 Å². The number of hydrogen-bond acceptors (Lipinski definition) is 6. The van der Waals surface area contributed by atoms with Crippen LogP contribution in [-0.4, -0.2) is 48.5 Å². The van der Waals surface area contributed by atoms with E-state index in [-0.39, 0.29) is 5.91 Å². The van der Waals surface area contributed by atoms with Gasteiger partial charge < -0.3 is 20.9 Å². The van der Waals surface area contributed by atoms with Crippen LogP contribution in [0.25, 0.3) is 0 Å². The van der Waals surface area contributed by atoms with Gasteiger partial charge in [0.25, 0.3) is 0 Å². The molecule has 1 aromatic carbocycles. The van der Waals surface area contributed by atoms with Crippen molar-refractivity contribution >= 4 is 28.9 Å². The van der Waals surface area contributed by atoms with Gasteiger partial charge in [-0.1, -0.05) is 12.6 Å². The van der Waals surface area contributed by atoms with E-state index in [9.17, 15) is 4.79 Å². The van der Waals surface area contributed by atoms with Crippen molar-refractivity contribution in [2.45, 2.75) is 12.8 Å². The highest BCUT2D eigenvalue weighted by atomic mass is 16.1. The summed E-state index contributed by atoms with van der Waals surface area (Å²) in [6.07, 6.45) is 4.72. The first-order valence-electron chi connectivity index (χ1n) is 8.49. The molecule has 1 amide bonds. The minimum Gasteiger partial charge on any atom is -0.373 e. The molecule has 2 rings (SSSR count). The van der Waals surface area contributed by atoms with E-state index >= 15 is 0 Å². The van der Waals surface area contributed by atoms with Crippen molar-refractivity contribution in [1.82, 2.24) is 14.9 Å². The predicted molar refractivity (Wildman–Crippen MR) is 107 cm³/mol. The number of carbonyl (C=O) groups excluding carboxylic acids is 1. The summed E-state index contributed by atoms with van der Waals surface area (Å²) < 4.78 is 0. The lowest BCUT2D eigenvalue weighted by Crippen LogP contribution is -2.14. The van der Waals surface area contributed by atoms with E-state index in [1.807, 2.05) is 12.1 Å². The van der Waals surface area contributed by atoms with Gasteiger partial charge in [0.05, 0.1) is 11.4 Å². The summed E-state index contributed by atoms with van der Waals surface area (Å²) in [6.45, 7) is 4.53. The summed E-state index contributed by atoms with van der Waals surface area (Å²) in [7, 11) is 5.91. The molecule has 0 aliphatic carbocycles. The summed E-state index contributed by atoms with van der Waals surface area (Å²) in [5.41, 5.74) is 2.62. The van der Waals surface area contributed by atoms with E-state index in [0.717, 1.165) is 30.6 Å². The minimum absolute atomic E-state index is 0.253. The molecular formula is C19H26N6O. The molecule has 0 aliphatic heterocycles. The molecule has 1 heterocycles. The molecule has 3 N–H and O–H groups in total. The largest absolute Gasteiger partial charge is 0.373 e. The average Bonchev–Trinajstić information content (AvgIpc) is 2.63. The van der Waals surface area contributed by atoms with E-state index in [2.05, 4.69) is 57.6 Å². The summed E-state index contributed by atoms with van der Waals surface area (Å²) in [4.78, 5) is 22.3. The van der Waals surface area contributed by atoms with Crippen molar-refractivity contribution in [1.29, 1.82) is 0 Å². The molecule has 0 saturated carbocycles. The number of amides is 1. The second-order valence-corrected chi connectivity index (χ2v) is 6.14. The Labute approximate surface area is 154 Å². The van der Waals surface area contributed by atoms with Crippen molar-refractivity contribution in [2.75, 3.05) is 43.6 Å². The number of aromatic nitrogens is 2. The topological polar surface area (TPSA) is 82.2 Å². The SMILES string of the molecule is C=CC(=O)Nc1cc(CCCN(C)C)ccc1Nc1cc(NC)ncn1. The van der Waals surface area contributed by atoms with Gasteiger partial charge in [0.2, 0.25) is 5.91 Å². The van der Waals surface area contributed by atoms with Crippen molar-refractivity contribution < 1.29 is 4.79 Å². The third-order valence-electron chi connectivity index (χ3n) is 3.78. The van der Waals surface area contributed by atoms with E-state index in [1.54, 1.807) is 13.1 Å². The third-order valence-corrected chi connectivity index (χ3v) is 3.78. The Balaban J connectivity index is 2.22. The van der Waals surface area contributed by atoms with Crippen LogP contribution in [0.3, 0.4) is 0 Å². The van der Waals surface area contributed by atoms with Gasteiger partial charge in [-0.3, -0.25) is 4.79 Å². The molecule has 7 nitrogen and oxygen atoms in total. The number of nitrogens with zero attached hydrogens (tertiary/aromatic N) is 3. The zero-order valence-corrected chi connectivity index (χ0v) is 15.5. The van der Waals surface area contributed by atoms with Crippen LogP contribution >= 0.6 is 0 Å². The Hall–Kier alpha value is -2.93. The average molecular weight is 354 g/mol. The zero-order valence-electron chi connectivity index (χ0n) is 15.5. The Morgan fingerprint density at radius 2 is 1.96 bits per heavy atom. The van der Waals surface area contributed by atoms with Crippen LogP contribution in [0.2, 0.25) is 0 Å². The van der Waals surface area contributed by atoms with Gasteiger partial charge in [-0.15, -0.1) is 0 Å². The highest BCUT2D eigenvalue weighted by Crippen LogP contribution is 2.27. The van der Waals surface area contributed by atoms with Crippen LogP contribution in [0.5, 0.6) is 0 Å². The number of aryl methyl sites for hydroxylation is 1. The molecule has 0 saturated heterocycles. The zero-order chi connectivity index (χ0) is 18.9. The quantitative estimate of drug-likeness (QED) is 0.601. The van der Waals surface area contributed by atoms with Crippen LogP contribution in [0.4, 0.5) is 23.0 Å². The smallest absolute Gasteiger partial charge is 0.247 e. The number of nitrogens with one attached hydrogen (secondary N) is 3. The van der Waals surface area contributed by atoms with Crippen LogP contribution in [0, 0.1) is 0 Å². The molecule has 1 aromatic heterocycles. The Morgan fingerprint density at radius 1 is 1.19 bits per heavy atom. The van der Waals surface area contributed by atoms with Crippen molar-refractivity contribution in [2.24, 2.45) is 0 Å². The molecule has 0 bridgehead atoms. The molecule has 0 aliphatic rings. The van der Waals surface area contributed by atoms with Crippen molar-refractivity contribution in [3.63, 3.8) is 0 Å². The van der Waals surface area contributed by atoms with E-state index in [0.29, 0.717) is 17.3 Å². The fourth-order valence-electron chi connectivity index (χ4n) is 2.44. The van der Waals surface area contributed by atoms with E-state index < -0.39 is 0 Å². The molecule has 0 atom stereocenters. The molecule has 0 unspecified atom stereocenters. The van der Waals surface area contributed by atoms with Crippen LogP contribution in [0.15, 0.2) is 43.2 Å². The first-order chi connectivity index (χ1) is 12.5. The second kappa shape index (κ2) is 9.53. The first-order valence-corrected chi connectivity index (χ1v) is 8.49. The van der Waals surface area contributed by atoms with Crippen LogP contribution in [0.1, 0.15) is 12.0 Å². The summed E-state index contributed by atoms with van der Waals surface area (Å²) in [5.74, 6) is 1.09. The monoisotopic (exact) mass is 354 g/mol. The van der Waals surface area contributed by atoms with Crippen molar-refractivity contribution in [3.8, 4) is 0 Å². The number of carbonyl (C=O) groups is 1. The predicted octanol–water partition coefficient (Wildman–Crippen LogP) is 2.88. The molecule has 0 radical (unpaired) electrons. The molecule has 0 fully saturated rings. The van der Waals surface area contributed by atoms with Gasteiger partial charge in [0.1, 0.15) is 18.0 Å². The maximum Gasteiger partial charge on any atom is 0.247 e. The highest BCUT2D eigenvalue weighted by Gasteiger charge is 2.08. The van der Waals surface area contributed by atoms with E-state index in [4.69, 9.17) is 0 Å². The first kappa shape index (κ1) is 19.4. The lowest BCUT2D eigenvalue weighted by atomic mass is 10.1. The molecule has 7 heteroatoms. The maximum absolute atomic E-state index is 11.8. The Bertz CT molecular complexity index is 759. The van der Waals surface area contributed by atoms with Crippen LogP contribution < -0.4 is 16.0 Å². The number of anilines is 4. The number of hydrogen-bond donors (Lipinski definition) is 3. The Morgan fingerprint density at radius 3 is 2.65 bits per heavy atom. The summed E-state index contributed by atoms with van der Waals surface area (Å²) in [5, 5.41) is 9.06.